The zero-order chi connectivity index (χ0) is 14.5. The lowest BCUT2D eigenvalue weighted by molar-refractivity contribution is -0.115. The minimum Gasteiger partial charge on any atom is -0.324 e. The zero-order valence-electron chi connectivity index (χ0n) is 10.5. The van der Waals surface area contributed by atoms with E-state index in [4.69, 9.17) is 11.6 Å². The molecule has 0 aliphatic rings. The summed E-state index contributed by atoms with van der Waals surface area (Å²) in [6.07, 6.45) is 0.581. The Bertz CT molecular complexity index is 606. The van der Waals surface area contributed by atoms with Crippen LogP contribution in [0, 0.1) is 3.57 Å². The van der Waals surface area contributed by atoms with E-state index < -0.39 is 5.25 Å². The zero-order valence-corrected chi connectivity index (χ0v) is 14.3. The minimum atomic E-state index is -0.409. The summed E-state index contributed by atoms with van der Waals surface area (Å²) in [4.78, 5) is 12.1. The summed E-state index contributed by atoms with van der Waals surface area (Å²) in [5.74, 6) is -0.153. The molecule has 5 heteroatoms. The average molecular weight is 418 g/mol. The van der Waals surface area contributed by atoms with Crippen LogP contribution in [0.15, 0.2) is 48.5 Å². The molecular formula is C15H13ClINOS. The maximum atomic E-state index is 12.1. The monoisotopic (exact) mass is 417 g/mol. The first kappa shape index (κ1) is 15.7. The molecule has 0 bridgehead atoms. The third-order valence-electron chi connectivity index (χ3n) is 2.76. The van der Waals surface area contributed by atoms with Gasteiger partial charge in [-0.3, -0.25) is 4.79 Å². The third-order valence-corrected chi connectivity index (χ3v) is 4.16. The number of thiol groups is 1. The fraction of sp³-hybridized carbons (Fsp3) is 0.133. The van der Waals surface area contributed by atoms with Gasteiger partial charge in [-0.05, 0) is 52.8 Å². The molecule has 20 heavy (non-hydrogen) atoms. The standard InChI is InChI=1S/C15H13ClINOS/c16-12-9-11(17)6-7-13(12)18-15(19)14(20)8-10-4-2-1-3-5-10/h1-7,9,14,20H,8H2,(H,18,19). The topological polar surface area (TPSA) is 29.1 Å². The van der Waals surface area contributed by atoms with Crippen LogP contribution in [-0.2, 0) is 11.2 Å². The molecule has 0 aliphatic heterocycles. The molecule has 104 valence electrons. The Balaban J connectivity index is 2.01. The predicted molar refractivity (Wildman–Crippen MR) is 95.7 cm³/mol. The number of benzene rings is 2. The van der Waals surface area contributed by atoms with Gasteiger partial charge in [-0.15, -0.1) is 0 Å². The molecular weight excluding hydrogens is 405 g/mol. The lowest BCUT2D eigenvalue weighted by atomic mass is 10.1. The van der Waals surface area contributed by atoms with Crippen molar-refractivity contribution in [2.45, 2.75) is 11.7 Å². The number of anilines is 1. The van der Waals surface area contributed by atoms with Crippen LogP contribution in [0.5, 0.6) is 0 Å². The highest BCUT2D eigenvalue weighted by Crippen LogP contribution is 2.24. The fourth-order valence-corrected chi connectivity index (χ4v) is 2.92. The van der Waals surface area contributed by atoms with E-state index in [1.165, 1.54) is 0 Å². The van der Waals surface area contributed by atoms with Gasteiger partial charge in [0.15, 0.2) is 0 Å². The molecule has 2 aromatic carbocycles. The van der Waals surface area contributed by atoms with Crippen molar-refractivity contribution in [3.8, 4) is 0 Å². The summed E-state index contributed by atoms with van der Waals surface area (Å²) >= 11 is 12.6. The van der Waals surface area contributed by atoms with Gasteiger partial charge in [0, 0.05) is 3.57 Å². The summed E-state index contributed by atoms with van der Waals surface area (Å²) in [7, 11) is 0. The number of halogens is 2. The first-order valence-electron chi connectivity index (χ1n) is 6.04. The number of carbonyl (C=O) groups is 1. The molecule has 2 nitrogen and oxygen atoms in total. The maximum absolute atomic E-state index is 12.1. The first-order valence-corrected chi connectivity index (χ1v) is 8.01. The van der Waals surface area contributed by atoms with E-state index in [9.17, 15) is 4.79 Å². The van der Waals surface area contributed by atoms with Gasteiger partial charge >= 0.3 is 0 Å². The van der Waals surface area contributed by atoms with Crippen LogP contribution in [-0.4, -0.2) is 11.2 Å². The summed E-state index contributed by atoms with van der Waals surface area (Å²) < 4.78 is 1.03. The molecule has 0 radical (unpaired) electrons. The lowest BCUT2D eigenvalue weighted by Gasteiger charge is -2.12. The van der Waals surface area contributed by atoms with Crippen LogP contribution in [0.3, 0.4) is 0 Å². The third kappa shape index (κ3) is 4.40. The summed E-state index contributed by atoms with van der Waals surface area (Å²) in [5, 5.41) is 2.93. The van der Waals surface area contributed by atoms with Gasteiger partial charge < -0.3 is 5.32 Å². The van der Waals surface area contributed by atoms with Crippen molar-refractivity contribution >= 4 is 58.4 Å². The highest BCUT2D eigenvalue weighted by Gasteiger charge is 2.15. The van der Waals surface area contributed by atoms with E-state index in [-0.39, 0.29) is 5.91 Å². The van der Waals surface area contributed by atoms with Crippen LogP contribution < -0.4 is 5.32 Å². The van der Waals surface area contributed by atoms with Crippen molar-refractivity contribution in [3.63, 3.8) is 0 Å². The molecule has 2 rings (SSSR count). The van der Waals surface area contributed by atoms with E-state index in [1.54, 1.807) is 6.07 Å². The second kappa shape index (κ2) is 7.33. The number of carbonyl (C=O) groups excluding carboxylic acids is 1. The molecule has 0 saturated carbocycles. The van der Waals surface area contributed by atoms with E-state index in [0.717, 1.165) is 9.13 Å². The average Bonchev–Trinajstić information content (AvgIpc) is 2.43. The Hall–Kier alpha value is -0.720. The molecule has 0 saturated heterocycles. The normalized spacial score (nSPS) is 11.9. The molecule has 1 atom stereocenters. The van der Waals surface area contributed by atoms with Gasteiger partial charge in [-0.25, -0.2) is 0 Å². The largest absolute Gasteiger partial charge is 0.324 e. The molecule has 2 aromatic rings. The van der Waals surface area contributed by atoms with Crippen LogP contribution in [0.2, 0.25) is 5.02 Å². The second-order valence-corrected chi connectivity index (χ2v) is 6.60. The van der Waals surface area contributed by atoms with Gasteiger partial charge in [-0.1, -0.05) is 41.9 Å². The van der Waals surface area contributed by atoms with Gasteiger partial charge in [0.25, 0.3) is 0 Å². The van der Waals surface area contributed by atoms with Gasteiger partial charge in [0.1, 0.15) is 0 Å². The smallest absolute Gasteiger partial charge is 0.237 e. The molecule has 1 unspecified atom stereocenters. The molecule has 0 fully saturated rings. The van der Waals surface area contributed by atoms with E-state index in [1.807, 2.05) is 42.5 Å². The maximum Gasteiger partial charge on any atom is 0.237 e. The number of amides is 1. The van der Waals surface area contributed by atoms with E-state index >= 15 is 0 Å². The lowest BCUT2D eigenvalue weighted by Crippen LogP contribution is -2.25. The van der Waals surface area contributed by atoms with Crippen LogP contribution in [0.25, 0.3) is 0 Å². The highest BCUT2D eigenvalue weighted by molar-refractivity contribution is 14.1. The van der Waals surface area contributed by atoms with Crippen molar-refractivity contribution in [2.75, 3.05) is 5.32 Å². The Kier molecular flexibility index (Phi) is 5.74. The second-order valence-electron chi connectivity index (χ2n) is 4.32. The van der Waals surface area contributed by atoms with Gasteiger partial charge in [0.05, 0.1) is 16.0 Å². The number of rotatable bonds is 4. The highest BCUT2D eigenvalue weighted by atomic mass is 127. The minimum absolute atomic E-state index is 0.153. The molecule has 1 amide bonds. The predicted octanol–water partition coefficient (Wildman–Crippen LogP) is 4.42. The van der Waals surface area contributed by atoms with E-state index in [2.05, 4.69) is 40.5 Å². The van der Waals surface area contributed by atoms with Crippen LogP contribution in [0.1, 0.15) is 5.56 Å². The molecule has 1 N–H and O–H groups in total. The van der Waals surface area contributed by atoms with Crippen molar-refractivity contribution in [1.82, 2.24) is 0 Å². The Morgan fingerprint density at radius 3 is 2.60 bits per heavy atom. The van der Waals surface area contributed by atoms with Crippen molar-refractivity contribution in [2.24, 2.45) is 0 Å². The molecule has 0 aromatic heterocycles. The van der Waals surface area contributed by atoms with Gasteiger partial charge in [0.2, 0.25) is 5.91 Å². The first-order chi connectivity index (χ1) is 9.56. The number of hydrogen-bond donors (Lipinski definition) is 2. The molecule has 0 heterocycles. The van der Waals surface area contributed by atoms with Crippen molar-refractivity contribution in [1.29, 1.82) is 0 Å². The van der Waals surface area contributed by atoms with Crippen molar-refractivity contribution in [3.05, 3.63) is 62.7 Å². The molecule has 0 aliphatic carbocycles. The molecule has 0 spiro atoms. The SMILES string of the molecule is O=C(Nc1ccc(I)cc1Cl)C(S)Cc1ccccc1. The fourth-order valence-electron chi connectivity index (χ4n) is 1.74. The Labute approximate surface area is 142 Å². The number of hydrogen-bond acceptors (Lipinski definition) is 2. The Morgan fingerprint density at radius 2 is 1.95 bits per heavy atom. The summed E-state index contributed by atoms with van der Waals surface area (Å²) in [5.41, 5.74) is 1.69. The van der Waals surface area contributed by atoms with Crippen molar-refractivity contribution < 1.29 is 4.79 Å². The summed E-state index contributed by atoms with van der Waals surface area (Å²) in [6, 6.07) is 15.3. The quantitative estimate of drug-likeness (QED) is 0.559. The van der Waals surface area contributed by atoms with Gasteiger partial charge in [-0.2, -0.15) is 12.6 Å². The Morgan fingerprint density at radius 1 is 1.25 bits per heavy atom. The van der Waals surface area contributed by atoms with Crippen LogP contribution in [0.4, 0.5) is 5.69 Å². The van der Waals surface area contributed by atoms with E-state index in [0.29, 0.717) is 17.1 Å². The number of nitrogens with one attached hydrogen (secondary N) is 1. The summed E-state index contributed by atoms with van der Waals surface area (Å²) in [6.45, 7) is 0. The van der Waals surface area contributed by atoms with Crippen LogP contribution >= 0.6 is 46.8 Å².